The molecule has 0 aromatic rings. The predicted octanol–water partition coefficient (Wildman–Crippen LogP) is 0.464. The van der Waals surface area contributed by atoms with Crippen molar-refractivity contribution < 1.29 is 17.3 Å². The normalized spacial score (nSPS) is 23.5. The topological polar surface area (TPSA) is 55.8 Å². The SMILES string of the molecule is COC1CCCN(CCCOS(C)(=O)=O)C1. The van der Waals surface area contributed by atoms with Crippen molar-refractivity contribution in [1.82, 2.24) is 4.90 Å². The summed E-state index contributed by atoms with van der Waals surface area (Å²) in [4.78, 5) is 2.29. The highest BCUT2D eigenvalue weighted by Crippen LogP contribution is 2.12. The molecule has 6 heteroatoms. The monoisotopic (exact) mass is 251 g/mol. The molecular weight excluding hydrogens is 230 g/mol. The Kier molecular flexibility index (Phi) is 5.68. The summed E-state index contributed by atoms with van der Waals surface area (Å²) in [6.45, 7) is 3.15. The smallest absolute Gasteiger partial charge is 0.264 e. The van der Waals surface area contributed by atoms with E-state index in [1.54, 1.807) is 7.11 Å². The summed E-state index contributed by atoms with van der Waals surface area (Å²) in [5.74, 6) is 0. The zero-order valence-corrected chi connectivity index (χ0v) is 10.8. The minimum atomic E-state index is -3.29. The van der Waals surface area contributed by atoms with E-state index >= 15 is 0 Å². The third kappa shape index (κ3) is 5.79. The number of nitrogens with zero attached hydrogens (tertiary/aromatic N) is 1. The van der Waals surface area contributed by atoms with Gasteiger partial charge in [0.25, 0.3) is 10.1 Å². The van der Waals surface area contributed by atoms with Crippen LogP contribution >= 0.6 is 0 Å². The molecule has 1 aliphatic rings. The highest BCUT2D eigenvalue weighted by atomic mass is 32.2. The largest absolute Gasteiger partial charge is 0.380 e. The molecule has 0 aromatic carbocycles. The first-order valence-corrected chi connectivity index (χ1v) is 7.42. The molecule has 5 nitrogen and oxygen atoms in total. The average molecular weight is 251 g/mol. The van der Waals surface area contributed by atoms with E-state index in [0.717, 1.165) is 45.2 Å². The molecular formula is C10H21NO4S. The van der Waals surface area contributed by atoms with Crippen LogP contribution in [0.15, 0.2) is 0 Å². The molecule has 0 saturated carbocycles. The maximum atomic E-state index is 10.7. The fourth-order valence-electron chi connectivity index (χ4n) is 1.91. The zero-order chi connectivity index (χ0) is 12.0. The molecule has 96 valence electrons. The third-order valence-electron chi connectivity index (χ3n) is 2.71. The van der Waals surface area contributed by atoms with E-state index < -0.39 is 10.1 Å². The highest BCUT2D eigenvalue weighted by Gasteiger charge is 2.18. The van der Waals surface area contributed by atoms with Crippen LogP contribution < -0.4 is 0 Å². The van der Waals surface area contributed by atoms with Gasteiger partial charge in [-0.1, -0.05) is 0 Å². The Labute approximate surface area is 97.8 Å². The van der Waals surface area contributed by atoms with Gasteiger partial charge in [0.15, 0.2) is 0 Å². The molecule has 0 aliphatic carbocycles. The first-order valence-electron chi connectivity index (χ1n) is 5.61. The fraction of sp³-hybridized carbons (Fsp3) is 1.00. The van der Waals surface area contributed by atoms with Crippen molar-refractivity contribution in [2.75, 3.05) is 39.6 Å². The van der Waals surface area contributed by atoms with Gasteiger partial charge in [-0.25, -0.2) is 0 Å². The van der Waals surface area contributed by atoms with Crippen molar-refractivity contribution >= 4 is 10.1 Å². The fourth-order valence-corrected chi connectivity index (χ4v) is 2.33. The maximum Gasteiger partial charge on any atom is 0.264 e. The molecule has 1 fully saturated rings. The second-order valence-electron chi connectivity index (χ2n) is 4.18. The molecule has 1 rings (SSSR count). The Morgan fingerprint density at radius 3 is 2.81 bits per heavy atom. The van der Waals surface area contributed by atoms with E-state index in [2.05, 4.69) is 9.08 Å². The number of likely N-dealkylation sites (tertiary alicyclic amines) is 1. The lowest BCUT2D eigenvalue weighted by molar-refractivity contribution is 0.0299. The van der Waals surface area contributed by atoms with Crippen LogP contribution in [0.4, 0.5) is 0 Å². The summed E-state index contributed by atoms with van der Waals surface area (Å²) in [6.07, 6.45) is 4.40. The van der Waals surface area contributed by atoms with Crippen LogP contribution in [0.1, 0.15) is 19.3 Å². The lowest BCUT2D eigenvalue weighted by Gasteiger charge is -2.31. The summed E-state index contributed by atoms with van der Waals surface area (Å²) in [6, 6.07) is 0. The van der Waals surface area contributed by atoms with Gasteiger partial charge in [0.1, 0.15) is 0 Å². The standard InChI is InChI=1S/C10H21NO4S/c1-14-10-5-3-6-11(9-10)7-4-8-15-16(2,12)13/h10H,3-9H2,1-2H3. The van der Waals surface area contributed by atoms with E-state index in [0.29, 0.717) is 6.10 Å². The molecule has 1 atom stereocenters. The van der Waals surface area contributed by atoms with Crippen LogP contribution in [0, 0.1) is 0 Å². The molecule has 1 heterocycles. The number of hydrogen-bond donors (Lipinski definition) is 0. The zero-order valence-electron chi connectivity index (χ0n) is 10.0. The van der Waals surface area contributed by atoms with Gasteiger partial charge in [0.05, 0.1) is 19.0 Å². The minimum Gasteiger partial charge on any atom is -0.380 e. The van der Waals surface area contributed by atoms with Gasteiger partial charge in [0.2, 0.25) is 0 Å². The van der Waals surface area contributed by atoms with Crippen molar-refractivity contribution in [2.45, 2.75) is 25.4 Å². The summed E-state index contributed by atoms with van der Waals surface area (Å²) in [7, 11) is -1.55. The summed E-state index contributed by atoms with van der Waals surface area (Å²) >= 11 is 0. The van der Waals surface area contributed by atoms with E-state index in [-0.39, 0.29) is 6.61 Å². The molecule has 16 heavy (non-hydrogen) atoms. The van der Waals surface area contributed by atoms with E-state index in [9.17, 15) is 8.42 Å². The van der Waals surface area contributed by atoms with Crippen LogP contribution in [0.3, 0.4) is 0 Å². The van der Waals surface area contributed by atoms with Gasteiger partial charge in [0, 0.05) is 20.2 Å². The molecule has 1 unspecified atom stereocenters. The molecule has 0 radical (unpaired) electrons. The first-order chi connectivity index (χ1) is 7.51. The molecule has 0 N–H and O–H groups in total. The number of ether oxygens (including phenoxy) is 1. The molecule has 0 amide bonds. The van der Waals surface area contributed by atoms with Crippen molar-refractivity contribution in [3.05, 3.63) is 0 Å². The first kappa shape index (κ1) is 13.9. The van der Waals surface area contributed by atoms with Crippen LogP contribution in [0.2, 0.25) is 0 Å². The van der Waals surface area contributed by atoms with Crippen molar-refractivity contribution in [1.29, 1.82) is 0 Å². The van der Waals surface area contributed by atoms with Crippen LogP contribution in [-0.2, 0) is 19.0 Å². The van der Waals surface area contributed by atoms with Crippen molar-refractivity contribution in [2.24, 2.45) is 0 Å². The minimum absolute atomic E-state index is 0.271. The number of hydrogen-bond acceptors (Lipinski definition) is 5. The van der Waals surface area contributed by atoms with E-state index in [1.165, 1.54) is 0 Å². The Morgan fingerprint density at radius 2 is 2.19 bits per heavy atom. The van der Waals surface area contributed by atoms with E-state index in [1.807, 2.05) is 0 Å². The van der Waals surface area contributed by atoms with Gasteiger partial charge >= 0.3 is 0 Å². The maximum absolute atomic E-state index is 10.7. The predicted molar refractivity (Wildman–Crippen MR) is 61.9 cm³/mol. The van der Waals surface area contributed by atoms with E-state index in [4.69, 9.17) is 4.74 Å². The number of rotatable bonds is 6. The number of piperidine rings is 1. The van der Waals surface area contributed by atoms with Crippen molar-refractivity contribution in [3.63, 3.8) is 0 Å². The van der Waals surface area contributed by atoms with Crippen LogP contribution in [0.5, 0.6) is 0 Å². The summed E-state index contributed by atoms with van der Waals surface area (Å²) in [5, 5.41) is 0. The van der Waals surface area contributed by atoms with Crippen molar-refractivity contribution in [3.8, 4) is 0 Å². The van der Waals surface area contributed by atoms with Gasteiger partial charge in [-0.3, -0.25) is 4.18 Å². The molecule has 1 saturated heterocycles. The molecule has 0 spiro atoms. The Bertz CT molecular complexity index is 291. The second-order valence-corrected chi connectivity index (χ2v) is 5.82. The second kappa shape index (κ2) is 6.54. The van der Waals surface area contributed by atoms with Crippen LogP contribution in [0.25, 0.3) is 0 Å². The average Bonchev–Trinajstić information content (AvgIpc) is 2.23. The molecule has 1 aliphatic heterocycles. The molecule has 0 bridgehead atoms. The molecule has 0 aromatic heterocycles. The summed E-state index contributed by atoms with van der Waals surface area (Å²) in [5.41, 5.74) is 0. The Balaban J connectivity index is 2.13. The summed E-state index contributed by atoms with van der Waals surface area (Å²) < 4.78 is 31.5. The van der Waals surface area contributed by atoms with Gasteiger partial charge in [-0.2, -0.15) is 8.42 Å². The lowest BCUT2D eigenvalue weighted by atomic mass is 10.1. The lowest BCUT2D eigenvalue weighted by Crippen LogP contribution is -2.39. The third-order valence-corrected chi connectivity index (χ3v) is 3.31. The van der Waals surface area contributed by atoms with Gasteiger partial charge < -0.3 is 9.64 Å². The van der Waals surface area contributed by atoms with Crippen LogP contribution in [-0.4, -0.2) is 59.0 Å². The highest BCUT2D eigenvalue weighted by molar-refractivity contribution is 7.85. The Morgan fingerprint density at radius 1 is 1.44 bits per heavy atom. The quantitative estimate of drug-likeness (QED) is 0.507. The van der Waals surface area contributed by atoms with Gasteiger partial charge in [-0.15, -0.1) is 0 Å². The number of methoxy groups -OCH3 is 1. The van der Waals surface area contributed by atoms with Gasteiger partial charge in [-0.05, 0) is 25.8 Å². The Hall–Kier alpha value is -0.170.